The molecule has 1 aromatic rings. The molecule has 4 aliphatic rings. The summed E-state index contributed by atoms with van der Waals surface area (Å²) in [6, 6.07) is 3.77. The van der Waals surface area contributed by atoms with Crippen molar-refractivity contribution in [3.8, 4) is 0 Å². The third-order valence-electron chi connectivity index (χ3n) is 7.08. The molecule has 0 saturated heterocycles. The van der Waals surface area contributed by atoms with Crippen molar-refractivity contribution in [1.82, 2.24) is 0 Å². The van der Waals surface area contributed by atoms with Gasteiger partial charge in [-0.3, -0.25) is 0 Å². The molecule has 3 heteroatoms. The minimum absolute atomic E-state index is 0.00137. The van der Waals surface area contributed by atoms with Crippen molar-refractivity contribution in [3.05, 3.63) is 45.7 Å². The summed E-state index contributed by atoms with van der Waals surface area (Å²) in [6.45, 7) is 0. The molecule has 0 radical (unpaired) electrons. The second-order valence-electron chi connectivity index (χ2n) is 8.22. The molecule has 0 spiro atoms. The van der Waals surface area contributed by atoms with E-state index in [-0.39, 0.29) is 12.1 Å². The van der Waals surface area contributed by atoms with E-state index in [1.54, 1.807) is 5.57 Å². The van der Waals surface area contributed by atoms with Crippen LogP contribution >= 0.6 is 11.3 Å². The number of carbonyl (C=O) groups is 1. The first-order chi connectivity index (χ1) is 12.3. The monoisotopic (exact) mass is 354 g/mol. The number of allylic oxidation sites excluding steroid dienone is 3. The van der Waals surface area contributed by atoms with Gasteiger partial charge in [0.2, 0.25) is 0 Å². The Labute approximate surface area is 154 Å². The molecule has 0 bridgehead atoms. The third-order valence-corrected chi connectivity index (χ3v) is 7.93. The van der Waals surface area contributed by atoms with Crippen molar-refractivity contribution in [2.75, 3.05) is 0 Å². The fourth-order valence-electron chi connectivity index (χ4n) is 5.98. The molecule has 5 atom stereocenters. The van der Waals surface area contributed by atoms with Crippen molar-refractivity contribution in [1.29, 1.82) is 0 Å². The highest BCUT2D eigenvalue weighted by atomic mass is 32.1. The molecular weight excluding hydrogens is 328 g/mol. The van der Waals surface area contributed by atoms with Crippen LogP contribution in [0.15, 0.2) is 40.8 Å². The van der Waals surface area contributed by atoms with E-state index in [1.165, 1.54) is 61.9 Å². The molecule has 3 saturated carbocycles. The highest BCUT2D eigenvalue weighted by Crippen LogP contribution is 2.54. The summed E-state index contributed by atoms with van der Waals surface area (Å²) in [6.07, 6.45) is 15.4. The highest BCUT2D eigenvalue weighted by molar-refractivity contribution is 7.11. The summed E-state index contributed by atoms with van der Waals surface area (Å²) in [5.41, 5.74) is 3.14. The average molecular weight is 355 g/mol. The topological polar surface area (TPSA) is 26.3 Å². The van der Waals surface area contributed by atoms with Crippen LogP contribution in [0.4, 0.5) is 0 Å². The van der Waals surface area contributed by atoms with Gasteiger partial charge in [-0.15, -0.1) is 11.3 Å². The number of rotatable bonds is 2. The number of ether oxygens (including phenoxy) is 1. The lowest BCUT2D eigenvalue weighted by atomic mass is 9.60. The number of thiophene rings is 1. The fraction of sp³-hybridized carbons (Fsp3) is 0.591. The van der Waals surface area contributed by atoms with Crippen LogP contribution in [0.3, 0.4) is 0 Å². The summed E-state index contributed by atoms with van der Waals surface area (Å²) in [5.74, 6) is 3.00. The zero-order valence-corrected chi connectivity index (χ0v) is 15.5. The predicted molar refractivity (Wildman–Crippen MR) is 101 cm³/mol. The molecule has 25 heavy (non-hydrogen) atoms. The normalized spacial score (nSPS) is 36.6. The number of hydrogen-bond acceptors (Lipinski definition) is 3. The number of carbonyl (C=O) groups excluding carboxylic acids is 1. The van der Waals surface area contributed by atoms with E-state index < -0.39 is 0 Å². The van der Waals surface area contributed by atoms with Gasteiger partial charge in [0.1, 0.15) is 11.0 Å². The molecule has 0 N–H and O–H groups in total. The van der Waals surface area contributed by atoms with E-state index in [4.69, 9.17) is 4.74 Å². The smallest absolute Gasteiger partial charge is 0.348 e. The van der Waals surface area contributed by atoms with E-state index in [9.17, 15) is 4.79 Å². The predicted octanol–water partition coefficient (Wildman–Crippen LogP) is 5.77. The van der Waals surface area contributed by atoms with Crippen LogP contribution in [0.5, 0.6) is 0 Å². The zero-order valence-electron chi connectivity index (χ0n) is 14.7. The minimum atomic E-state index is -0.146. The molecule has 5 unspecified atom stereocenters. The largest absolute Gasteiger partial charge is 0.454 e. The summed E-state index contributed by atoms with van der Waals surface area (Å²) in [5, 5.41) is 1.94. The van der Waals surface area contributed by atoms with E-state index in [2.05, 4.69) is 12.2 Å². The van der Waals surface area contributed by atoms with Crippen LogP contribution in [0.2, 0.25) is 0 Å². The maximum Gasteiger partial charge on any atom is 0.348 e. The first-order valence-corrected chi connectivity index (χ1v) is 10.9. The summed E-state index contributed by atoms with van der Waals surface area (Å²) >= 11 is 1.47. The Hall–Kier alpha value is -1.35. The SMILES string of the molecule is O=C(OC1CCC2C1=CC=C1C3CCCCC3CCC12)c1cccs1. The van der Waals surface area contributed by atoms with Crippen LogP contribution in [-0.2, 0) is 4.74 Å². The van der Waals surface area contributed by atoms with Crippen LogP contribution in [-0.4, -0.2) is 12.1 Å². The molecule has 1 aromatic heterocycles. The lowest BCUT2D eigenvalue weighted by Gasteiger charge is -2.45. The van der Waals surface area contributed by atoms with Gasteiger partial charge in [0.25, 0.3) is 0 Å². The minimum Gasteiger partial charge on any atom is -0.454 e. The van der Waals surface area contributed by atoms with E-state index in [0.717, 1.165) is 29.1 Å². The number of esters is 1. The molecule has 0 amide bonds. The molecule has 0 aliphatic heterocycles. The second-order valence-corrected chi connectivity index (χ2v) is 9.17. The molecule has 3 fully saturated rings. The Morgan fingerprint density at radius 3 is 2.60 bits per heavy atom. The van der Waals surface area contributed by atoms with Gasteiger partial charge in [-0.05, 0) is 79.2 Å². The molecule has 4 aliphatic carbocycles. The summed E-state index contributed by atoms with van der Waals surface area (Å²) < 4.78 is 5.89. The van der Waals surface area contributed by atoms with Crippen molar-refractivity contribution in [2.45, 2.75) is 57.5 Å². The summed E-state index contributed by atoms with van der Waals surface area (Å²) in [4.78, 5) is 13.1. The van der Waals surface area contributed by atoms with E-state index in [0.29, 0.717) is 5.92 Å². The van der Waals surface area contributed by atoms with Crippen molar-refractivity contribution in [2.24, 2.45) is 23.7 Å². The Morgan fingerprint density at radius 1 is 0.920 bits per heavy atom. The maximum atomic E-state index is 12.4. The van der Waals surface area contributed by atoms with Crippen molar-refractivity contribution >= 4 is 17.3 Å². The van der Waals surface area contributed by atoms with Gasteiger partial charge in [-0.2, -0.15) is 0 Å². The Balaban J connectivity index is 1.37. The second kappa shape index (κ2) is 6.42. The van der Waals surface area contributed by atoms with Gasteiger partial charge < -0.3 is 4.74 Å². The Morgan fingerprint density at radius 2 is 1.72 bits per heavy atom. The van der Waals surface area contributed by atoms with Gasteiger partial charge in [0, 0.05) is 0 Å². The Kier molecular flexibility index (Phi) is 4.08. The molecule has 1 heterocycles. The number of fused-ring (bicyclic) bond motifs is 5. The molecule has 5 rings (SSSR count). The first kappa shape index (κ1) is 15.9. The Bertz CT molecular complexity index is 714. The van der Waals surface area contributed by atoms with Crippen LogP contribution in [0, 0.1) is 23.7 Å². The summed E-state index contributed by atoms with van der Waals surface area (Å²) in [7, 11) is 0. The van der Waals surface area contributed by atoms with Gasteiger partial charge in [0.05, 0.1) is 0 Å². The molecule has 132 valence electrons. The van der Waals surface area contributed by atoms with Crippen LogP contribution in [0.1, 0.15) is 61.0 Å². The standard InChI is InChI=1S/C22H26O2S/c23-22(21-6-3-13-25-21)24-20-12-11-18-17-8-7-14-4-1-2-5-15(14)16(17)9-10-19(18)20/h3,6,9-10,13-15,17-18,20H,1-2,4-5,7-8,11-12H2. The van der Waals surface area contributed by atoms with Crippen molar-refractivity contribution in [3.63, 3.8) is 0 Å². The van der Waals surface area contributed by atoms with E-state index in [1.807, 2.05) is 17.5 Å². The number of hydrogen-bond donors (Lipinski definition) is 0. The molecule has 2 nitrogen and oxygen atoms in total. The molecule has 0 aromatic carbocycles. The first-order valence-electron chi connectivity index (χ1n) is 9.97. The van der Waals surface area contributed by atoms with Gasteiger partial charge >= 0.3 is 5.97 Å². The van der Waals surface area contributed by atoms with Gasteiger partial charge in [0.15, 0.2) is 0 Å². The molecular formula is C22H26O2S. The average Bonchev–Trinajstić information content (AvgIpc) is 3.31. The van der Waals surface area contributed by atoms with Crippen LogP contribution < -0.4 is 0 Å². The van der Waals surface area contributed by atoms with Gasteiger partial charge in [-0.25, -0.2) is 4.79 Å². The fourth-order valence-corrected chi connectivity index (χ4v) is 6.58. The highest BCUT2D eigenvalue weighted by Gasteiger charge is 2.45. The van der Waals surface area contributed by atoms with Gasteiger partial charge in [-0.1, -0.05) is 36.6 Å². The zero-order chi connectivity index (χ0) is 16.8. The third kappa shape index (κ3) is 2.71. The van der Waals surface area contributed by atoms with E-state index >= 15 is 0 Å². The maximum absolute atomic E-state index is 12.4. The van der Waals surface area contributed by atoms with Crippen LogP contribution in [0.25, 0.3) is 0 Å². The quantitative estimate of drug-likeness (QED) is 0.631. The lowest BCUT2D eigenvalue weighted by Crippen LogP contribution is -2.35. The van der Waals surface area contributed by atoms with Crippen molar-refractivity contribution < 1.29 is 9.53 Å². The lowest BCUT2D eigenvalue weighted by molar-refractivity contribution is 0.0387.